The number of aromatic nitrogens is 3. The van der Waals surface area contributed by atoms with Gasteiger partial charge in [-0.25, -0.2) is 18.1 Å². The smallest absolute Gasteiger partial charge is 0.264 e. The molecule has 2 N–H and O–H groups in total. The molecule has 1 amide bonds. The van der Waals surface area contributed by atoms with Gasteiger partial charge in [0, 0.05) is 24.2 Å². The zero-order valence-electron chi connectivity index (χ0n) is 16.9. The second-order valence-corrected chi connectivity index (χ2v) is 8.58. The van der Waals surface area contributed by atoms with E-state index in [1.54, 1.807) is 67.1 Å². The maximum atomic E-state index is 12.4. The number of hydrogen-bond acceptors (Lipinski definition) is 6. The van der Waals surface area contributed by atoms with Crippen LogP contribution in [-0.2, 0) is 23.1 Å². The molecule has 0 saturated carbocycles. The number of imidazole rings is 1. The van der Waals surface area contributed by atoms with Crippen LogP contribution in [0.1, 0.15) is 27.4 Å². The highest BCUT2D eigenvalue weighted by molar-refractivity contribution is 7.90. The van der Waals surface area contributed by atoms with Crippen molar-refractivity contribution in [3.63, 3.8) is 0 Å². The van der Waals surface area contributed by atoms with E-state index in [2.05, 4.69) is 19.7 Å². The molecule has 0 saturated heterocycles. The Morgan fingerprint density at radius 2 is 1.72 bits per heavy atom. The molecule has 2 aromatic carbocycles. The largest absolute Gasteiger partial charge is 0.487 e. The highest BCUT2D eigenvalue weighted by atomic mass is 32.2. The molecule has 0 unspecified atom stereocenters. The Labute approximate surface area is 185 Å². The summed E-state index contributed by atoms with van der Waals surface area (Å²) in [6.07, 6.45) is 5.64. The maximum Gasteiger partial charge on any atom is 0.264 e. The monoisotopic (exact) mass is 448 g/mol. The zero-order valence-corrected chi connectivity index (χ0v) is 17.7. The number of amides is 1. The summed E-state index contributed by atoms with van der Waals surface area (Å²) < 4.78 is 32.6. The van der Waals surface area contributed by atoms with Crippen LogP contribution < -0.4 is 9.46 Å². The van der Waals surface area contributed by atoms with Gasteiger partial charge in [0.25, 0.3) is 15.9 Å². The van der Waals surface area contributed by atoms with Crippen molar-refractivity contribution in [2.24, 2.45) is 0 Å². The van der Waals surface area contributed by atoms with Crippen LogP contribution >= 0.6 is 0 Å². The van der Waals surface area contributed by atoms with Crippen LogP contribution in [0.4, 0.5) is 0 Å². The highest BCUT2D eigenvalue weighted by Gasteiger charge is 2.18. The molecule has 4 aromatic rings. The molecular weight excluding hydrogens is 428 g/mol. The molecule has 0 radical (unpaired) electrons. The van der Waals surface area contributed by atoms with Gasteiger partial charge in [0.1, 0.15) is 18.2 Å². The van der Waals surface area contributed by atoms with Crippen molar-refractivity contribution in [1.82, 2.24) is 19.7 Å². The van der Waals surface area contributed by atoms with Crippen LogP contribution in [0, 0.1) is 0 Å². The molecule has 0 fully saturated rings. The molecule has 0 aliphatic heterocycles. The fourth-order valence-electron chi connectivity index (χ4n) is 2.99. The Morgan fingerprint density at radius 3 is 2.44 bits per heavy atom. The number of carbonyl (C=O) groups excluding carboxylic acids is 1. The number of benzene rings is 2. The number of H-pyrrole nitrogens is 1. The summed E-state index contributed by atoms with van der Waals surface area (Å²) in [6, 6.07) is 17.9. The minimum atomic E-state index is -3.93. The number of hydrogen-bond donors (Lipinski definition) is 2. The summed E-state index contributed by atoms with van der Waals surface area (Å²) in [5.41, 5.74) is 1.80. The van der Waals surface area contributed by atoms with Crippen LogP contribution in [-0.4, -0.2) is 29.3 Å². The Kier molecular flexibility index (Phi) is 6.27. The zero-order chi connectivity index (χ0) is 22.4. The quantitative estimate of drug-likeness (QED) is 0.428. The lowest BCUT2D eigenvalue weighted by molar-refractivity contribution is 0.0981. The van der Waals surface area contributed by atoms with Gasteiger partial charge >= 0.3 is 0 Å². The van der Waals surface area contributed by atoms with Crippen LogP contribution in [0.2, 0.25) is 0 Å². The van der Waals surface area contributed by atoms with E-state index in [1.807, 2.05) is 6.07 Å². The van der Waals surface area contributed by atoms with E-state index in [0.29, 0.717) is 12.2 Å². The molecular formula is C23H20N4O4S. The lowest BCUT2D eigenvalue weighted by Crippen LogP contribution is -2.30. The van der Waals surface area contributed by atoms with E-state index in [-0.39, 0.29) is 17.1 Å². The predicted molar refractivity (Wildman–Crippen MR) is 117 cm³/mol. The number of nitrogens with one attached hydrogen (secondary N) is 2. The van der Waals surface area contributed by atoms with Gasteiger partial charge in [-0.2, -0.15) is 0 Å². The van der Waals surface area contributed by atoms with E-state index in [1.165, 1.54) is 12.1 Å². The summed E-state index contributed by atoms with van der Waals surface area (Å²) in [4.78, 5) is 24.0. The standard InChI is InChI=1S/C23H20N4O4S/c28-23(27-32(29,30)19-5-2-1-3-6-19)18-10-8-17(9-11-18)16-31-21-7-4-12-24-20(21)15-22-25-13-14-26-22/h1-14H,15-16H2,(H,25,26)(H,27,28). The molecule has 8 nitrogen and oxygen atoms in total. The van der Waals surface area contributed by atoms with E-state index in [0.717, 1.165) is 17.1 Å². The maximum absolute atomic E-state index is 12.4. The number of rotatable bonds is 8. The van der Waals surface area contributed by atoms with Crippen LogP contribution in [0.3, 0.4) is 0 Å². The minimum absolute atomic E-state index is 0.0280. The SMILES string of the molecule is O=C(NS(=O)(=O)c1ccccc1)c1ccc(COc2cccnc2Cc2ncc[nH]2)cc1. The minimum Gasteiger partial charge on any atom is -0.487 e. The van der Waals surface area contributed by atoms with Gasteiger partial charge in [0.15, 0.2) is 0 Å². The molecule has 2 aromatic heterocycles. The molecule has 9 heteroatoms. The Hall–Kier alpha value is -3.98. The Morgan fingerprint density at radius 1 is 0.938 bits per heavy atom. The molecule has 0 aliphatic rings. The summed E-state index contributed by atoms with van der Waals surface area (Å²) in [7, 11) is -3.93. The van der Waals surface area contributed by atoms with Gasteiger partial charge in [-0.3, -0.25) is 9.78 Å². The molecule has 0 aliphatic carbocycles. The number of carbonyl (C=O) groups is 1. The van der Waals surface area contributed by atoms with Gasteiger partial charge in [0.05, 0.1) is 17.0 Å². The van der Waals surface area contributed by atoms with E-state index in [9.17, 15) is 13.2 Å². The van der Waals surface area contributed by atoms with E-state index in [4.69, 9.17) is 4.74 Å². The number of nitrogens with zero attached hydrogens (tertiary/aromatic N) is 2. The Balaban J connectivity index is 1.39. The summed E-state index contributed by atoms with van der Waals surface area (Å²) in [6.45, 7) is 0.265. The first-order valence-corrected chi connectivity index (χ1v) is 11.3. The van der Waals surface area contributed by atoms with Crippen molar-refractivity contribution in [3.05, 3.63) is 108 Å². The summed E-state index contributed by atoms with van der Waals surface area (Å²) >= 11 is 0. The first-order valence-electron chi connectivity index (χ1n) is 9.77. The van der Waals surface area contributed by atoms with Crippen LogP contribution in [0.5, 0.6) is 5.75 Å². The first-order chi connectivity index (χ1) is 15.5. The summed E-state index contributed by atoms with van der Waals surface area (Å²) in [5, 5.41) is 0. The van der Waals surface area contributed by atoms with Gasteiger partial charge < -0.3 is 9.72 Å². The number of ether oxygens (including phenoxy) is 1. The average molecular weight is 449 g/mol. The van der Waals surface area contributed by atoms with Crippen LogP contribution in [0.15, 0.2) is 90.2 Å². The second kappa shape index (κ2) is 9.44. The van der Waals surface area contributed by atoms with Gasteiger partial charge in [-0.05, 0) is 42.0 Å². The highest BCUT2D eigenvalue weighted by Crippen LogP contribution is 2.19. The predicted octanol–water partition coefficient (Wildman–Crippen LogP) is 3.09. The van der Waals surface area contributed by atoms with Crippen molar-refractivity contribution in [2.75, 3.05) is 0 Å². The van der Waals surface area contributed by atoms with E-state index < -0.39 is 15.9 Å². The number of aromatic amines is 1. The van der Waals surface area contributed by atoms with Crippen molar-refractivity contribution >= 4 is 15.9 Å². The van der Waals surface area contributed by atoms with Gasteiger partial charge in [-0.15, -0.1) is 0 Å². The average Bonchev–Trinajstić information content (AvgIpc) is 3.32. The first kappa shape index (κ1) is 21.3. The molecule has 0 spiro atoms. The fraction of sp³-hybridized carbons (Fsp3) is 0.0870. The lowest BCUT2D eigenvalue weighted by atomic mass is 10.1. The van der Waals surface area contributed by atoms with Gasteiger partial charge in [0.2, 0.25) is 0 Å². The Bertz CT molecular complexity index is 1290. The number of sulfonamides is 1. The molecule has 0 atom stereocenters. The molecule has 2 heterocycles. The normalized spacial score (nSPS) is 11.1. The molecule has 4 rings (SSSR count). The van der Waals surface area contributed by atoms with Crippen molar-refractivity contribution in [2.45, 2.75) is 17.9 Å². The second-order valence-electron chi connectivity index (χ2n) is 6.89. The molecule has 0 bridgehead atoms. The van der Waals surface area contributed by atoms with Crippen LogP contribution in [0.25, 0.3) is 0 Å². The molecule has 162 valence electrons. The lowest BCUT2D eigenvalue weighted by Gasteiger charge is -2.11. The van der Waals surface area contributed by atoms with Gasteiger partial charge in [-0.1, -0.05) is 30.3 Å². The van der Waals surface area contributed by atoms with Crippen molar-refractivity contribution in [1.29, 1.82) is 0 Å². The third kappa shape index (κ3) is 5.19. The van der Waals surface area contributed by atoms with Crippen molar-refractivity contribution in [3.8, 4) is 5.75 Å². The van der Waals surface area contributed by atoms with Crippen molar-refractivity contribution < 1.29 is 17.9 Å². The topological polar surface area (TPSA) is 114 Å². The molecule has 32 heavy (non-hydrogen) atoms. The third-order valence-electron chi connectivity index (χ3n) is 4.63. The fourth-order valence-corrected chi connectivity index (χ4v) is 3.99. The van der Waals surface area contributed by atoms with E-state index >= 15 is 0 Å². The summed E-state index contributed by atoms with van der Waals surface area (Å²) in [5.74, 6) is 0.725. The number of pyridine rings is 1. The third-order valence-corrected chi connectivity index (χ3v) is 5.98.